The van der Waals surface area contributed by atoms with Gasteiger partial charge in [-0.05, 0) is 32.2 Å². The van der Waals surface area contributed by atoms with Gasteiger partial charge in [-0.1, -0.05) is 0 Å². The van der Waals surface area contributed by atoms with Gasteiger partial charge in [-0.15, -0.1) is 0 Å². The van der Waals surface area contributed by atoms with Gasteiger partial charge in [-0.25, -0.2) is 18.7 Å². The zero-order valence-corrected chi connectivity index (χ0v) is 20.8. The molecule has 0 radical (unpaired) electrons. The maximum atomic E-state index is 14.5. The highest BCUT2D eigenvalue weighted by Gasteiger charge is 2.42. The summed E-state index contributed by atoms with van der Waals surface area (Å²) in [6.07, 6.45) is -5.03. The SMILES string of the molecule is COCC1(COc2cc3c(NCc4cc(F)cc(C(F)(F)F)c4F)nc(C)nc3cc2OC)CN(C)C1. The predicted molar refractivity (Wildman–Crippen MR) is 127 cm³/mol. The number of hydrogen-bond donors (Lipinski definition) is 1. The van der Waals surface area contributed by atoms with E-state index in [0.29, 0.717) is 41.4 Å². The molecule has 0 saturated carbocycles. The Hall–Kier alpha value is -3.25. The third kappa shape index (κ3) is 5.69. The van der Waals surface area contributed by atoms with Gasteiger partial charge < -0.3 is 24.4 Å². The molecule has 12 heteroatoms. The van der Waals surface area contributed by atoms with E-state index in [4.69, 9.17) is 14.2 Å². The predicted octanol–water partition coefficient (Wildman–Crippen LogP) is 4.81. The zero-order valence-electron chi connectivity index (χ0n) is 20.8. The van der Waals surface area contributed by atoms with E-state index in [1.165, 1.54) is 7.11 Å². The third-order valence-corrected chi connectivity index (χ3v) is 6.15. The van der Waals surface area contributed by atoms with Gasteiger partial charge in [0.1, 0.15) is 23.3 Å². The van der Waals surface area contributed by atoms with Crippen LogP contribution in [0.4, 0.5) is 27.8 Å². The molecule has 200 valence electrons. The van der Waals surface area contributed by atoms with Crippen molar-refractivity contribution in [3.05, 3.63) is 52.9 Å². The van der Waals surface area contributed by atoms with E-state index < -0.39 is 35.5 Å². The average Bonchev–Trinajstić information content (AvgIpc) is 2.80. The first kappa shape index (κ1) is 26.8. The van der Waals surface area contributed by atoms with Crippen molar-refractivity contribution in [2.75, 3.05) is 52.9 Å². The first-order valence-corrected chi connectivity index (χ1v) is 11.4. The topological polar surface area (TPSA) is 68.7 Å². The van der Waals surface area contributed by atoms with Crippen LogP contribution in [-0.4, -0.2) is 62.4 Å². The molecule has 37 heavy (non-hydrogen) atoms. The summed E-state index contributed by atoms with van der Waals surface area (Å²) in [6.45, 7) is 3.66. The molecule has 3 aromatic rings. The Balaban J connectivity index is 1.65. The molecule has 0 aliphatic carbocycles. The van der Waals surface area contributed by atoms with Crippen molar-refractivity contribution in [2.45, 2.75) is 19.6 Å². The molecule has 4 rings (SSSR count). The number of ether oxygens (including phenoxy) is 3. The lowest BCUT2D eigenvalue weighted by atomic mass is 9.82. The zero-order chi connectivity index (χ0) is 27.0. The van der Waals surface area contributed by atoms with Crippen molar-refractivity contribution >= 4 is 16.7 Å². The van der Waals surface area contributed by atoms with E-state index in [1.54, 1.807) is 26.2 Å². The minimum Gasteiger partial charge on any atom is -0.493 e. The summed E-state index contributed by atoms with van der Waals surface area (Å²) in [5.41, 5.74) is -1.86. The van der Waals surface area contributed by atoms with Crippen molar-refractivity contribution in [1.82, 2.24) is 14.9 Å². The van der Waals surface area contributed by atoms with Gasteiger partial charge in [0.15, 0.2) is 11.5 Å². The number of benzene rings is 2. The number of rotatable bonds is 9. The minimum atomic E-state index is -5.03. The fourth-order valence-corrected chi connectivity index (χ4v) is 4.68. The fraction of sp³-hybridized carbons (Fsp3) is 0.440. The molecule has 0 amide bonds. The lowest BCUT2D eigenvalue weighted by molar-refractivity contribution is -0.140. The molecule has 0 spiro atoms. The molecule has 0 atom stereocenters. The fourth-order valence-electron chi connectivity index (χ4n) is 4.68. The van der Waals surface area contributed by atoms with Crippen molar-refractivity contribution < 1.29 is 36.2 Å². The molecule has 1 N–H and O–H groups in total. The highest BCUT2D eigenvalue weighted by atomic mass is 19.4. The highest BCUT2D eigenvalue weighted by molar-refractivity contribution is 5.91. The summed E-state index contributed by atoms with van der Waals surface area (Å²) in [4.78, 5) is 10.9. The quantitative estimate of drug-likeness (QED) is 0.402. The first-order valence-electron chi connectivity index (χ1n) is 11.4. The molecule has 1 aliphatic rings. The van der Waals surface area contributed by atoms with E-state index in [0.717, 1.165) is 19.2 Å². The van der Waals surface area contributed by atoms with Crippen LogP contribution in [0.1, 0.15) is 17.0 Å². The van der Waals surface area contributed by atoms with Crippen LogP contribution >= 0.6 is 0 Å². The maximum absolute atomic E-state index is 14.5. The number of nitrogens with one attached hydrogen (secondary N) is 1. The lowest BCUT2D eigenvalue weighted by Gasteiger charge is -2.47. The minimum absolute atomic E-state index is 0.134. The summed E-state index contributed by atoms with van der Waals surface area (Å²) < 4.78 is 84.7. The Morgan fingerprint density at radius 2 is 1.76 bits per heavy atom. The second-order valence-electron chi connectivity index (χ2n) is 9.31. The average molecular weight is 527 g/mol. The molecule has 1 aromatic heterocycles. The summed E-state index contributed by atoms with van der Waals surface area (Å²) in [5.74, 6) is -1.31. The second-order valence-corrected chi connectivity index (χ2v) is 9.31. The van der Waals surface area contributed by atoms with Crippen LogP contribution in [0.25, 0.3) is 10.9 Å². The summed E-state index contributed by atoms with van der Waals surface area (Å²) in [5, 5.41) is 3.30. The molecule has 2 heterocycles. The molecule has 1 fully saturated rings. The van der Waals surface area contributed by atoms with Crippen LogP contribution in [0.3, 0.4) is 0 Å². The Morgan fingerprint density at radius 3 is 2.38 bits per heavy atom. The summed E-state index contributed by atoms with van der Waals surface area (Å²) in [6, 6.07) is 4.16. The number of anilines is 1. The van der Waals surface area contributed by atoms with E-state index in [1.807, 2.05) is 7.05 Å². The van der Waals surface area contributed by atoms with E-state index in [-0.39, 0.29) is 17.3 Å². The number of fused-ring (bicyclic) bond motifs is 1. The second kappa shape index (κ2) is 10.3. The number of methoxy groups -OCH3 is 2. The lowest BCUT2D eigenvalue weighted by Crippen LogP contribution is -2.59. The molecule has 0 unspecified atom stereocenters. The third-order valence-electron chi connectivity index (χ3n) is 6.15. The Morgan fingerprint density at radius 1 is 1.03 bits per heavy atom. The number of halogens is 5. The molecule has 1 saturated heterocycles. The molecule has 0 bridgehead atoms. The van der Waals surface area contributed by atoms with Crippen LogP contribution in [-0.2, 0) is 17.5 Å². The standard InChI is InChI=1S/C25H27F5N4O3/c1-14-32-19-8-20(36-4)21(37-13-24(12-35-3)10-34(2)11-24)7-17(19)23(33-14)31-9-15-5-16(26)6-18(22(15)27)25(28,29)30/h5-8H,9-13H2,1-4H3,(H,31,32,33). The van der Waals surface area contributed by atoms with Crippen LogP contribution in [0, 0.1) is 24.0 Å². The Bertz CT molecular complexity index is 1290. The highest BCUT2D eigenvalue weighted by Crippen LogP contribution is 2.38. The van der Waals surface area contributed by atoms with Crippen LogP contribution in [0.2, 0.25) is 0 Å². The van der Waals surface area contributed by atoms with E-state index in [2.05, 4.69) is 20.2 Å². The molecule has 1 aliphatic heterocycles. The van der Waals surface area contributed by atoms with E-state index in [9.17, 15) is 22.0 Å². The van der Waals surface area contributed by atoms with Crippen LogP contribution < -0.4 is 14.8 Å². The van der Waals surface area contributed by atoms with Gasteiger partial charge in [0, 0.05) is 43.8 Å². The molecule has 7 nitrogen and oxygen atoms in total. The number of alkyl halides is 3. The molecular formula is C25H27F5N4O3. The number of likely N-dealkylation sites (tertiary alicyclic amines) is 1. The first-order chi connectivity index (χ1) is 17.4. The normalized spacial score (nSPS) is 15.5. The van der Waals surface area contributed by atoms with Crippen LogP contribution in [0.15, 0.2) is 24.3 Å². The summed E-state index contributed by atoms with van der Waals surface area (Å²) in [7, 11) is 5.13. The Kier molecular flexibility index (Phi) is 7.43. The monoisotopic (exact) mass is 526 g/mol. The van der Waals surface area contributed by atoms with Gasteiger partial charge in [-0.2, -0.15) is 13.2 Å². The van der Waals surface area contributed by atoms with Crippen molar-refractivity contribution in [2.24, 2.45) is 5.41 Å². The molecular weight excluding hydrogens is 499 g/mol. The van der Waals surface area contributed by atoms with Crippen molar-refractivity contribution in [1.29, 1.82) is 0 Å². The van der Waals surface area contributed by atoms with Crippen molar-refractivity contribution in [3.63, 3.8) is 0 Å². The van der Waals surface area contributed by atoms with Gasteiger partial charge in [0.2, 0.25) is 0 Å². The number of aromatic nitrogens is 2. The number of nitrogens with zero attached hydrogens (tertiary/aromatic N) is 3. The van der Waals surface area contributed by atoms with Gasteiger partial charge >= 0.3 is 6.18 Å². The van der Waals surface area contributed by atoms with Gasteiger partial charge in [-0.3, -0.25) is 0 Å². The van der Waals surface area contributed by atoms with Crippen LogP contribution in [0.5, 0.6) is 11.5 Å². The smallest absolute Gasteiger partial charge is 0.419 e. The van der Waals surface area contributed by atoms with E-state index >= 15 is 0 Å². The Labute approximate surface area is 210 Å². The maximum Gasteiger partial charge on any atom is 0.419 e. The largest absolute Gasteiger partial charge is 0.493 e. The van der Waals surface area contributed by atoms with Crippen molar-refractivity contribution in [3.8, 4) is 11.5 Å². The molecule has 2 aromatic carbocycles. The number of hydrogen-bond acceptors (Lipinski definition) is 7. The summed E-state index contributed by atoms with van der Waals surface area (Å²) >= 11 is 0. The number of aryl methyl sites for hydroxylation is 1. The van der Waals surface area contributed by atoms with Gasteiger partial charge in [0.05, 0.1) is 36.8 Å². The van der Waals surface area contributed by atoms with Gasteiger partial charge in [0.25, 0.3) is 0 Å².